The Morgan fingerprint density at radius 3 is 2.42 bits per heavy atom. The molecule has 1 saturated carbocycles. The molecular formula is C20H30N2O2. The average molecular weight is 330 g/mol. The zero-order valence-corrected chi connectivity index (χ0v) is 14.5. The van der Waals surface area contributed by atoms with Crippen LogP contribution in [0.15, 0.2) is 30.3 Å². The number of nitrogens with zero attached hydrogens (tertiary/aromatic N) is 1. The number of piperidine rings is 1. The number of rotatable bonds is 5. The molecule has 1 aromatic carbocycles. The predicted molar refractivity (Wildman–Crippen MR) is 96.0 cm³/mol. The maximum atomic E-state index is 11.0. The summed E-state index contributed by atoms with van der Waals surface area (Å²) in [6.45, 7) is 3.95. The second-order valence-corrected chi connectivity index (χ2v) is 7.62. The van der Waals surface area contributed by atoms with E-state index >= 15 is 0 Å². The zero-order chi connectivity index (χ0) is 16.8. The van der Waals surface area contributed by atoms with Crippen molar-refractivity contribution in [3.63, 3.8) is 0 Å². The minimum Gasteiger partial charge on any atom is -0.465 e. The molecule has 4 nitrogen and oxygen atoms in total. The third-order valence-electron chi connectivity index (χ3n) is 6.14. The predicted octanol–water partition coefficient (Wildman–Crippen LogP) is 4.12. The van der Waals surface area contributed by atoms with Crippen molar-refractivity contribution in [2.24, 2.45) is 11.3 Å². The Morgan fingerprint density at radius 1 is 1.12 bits per heavy atom. The summed E-state index contributed by atoms with van der Waals surface area (Å²) in [7, 11) is 0. The van der Waals surface area contributed by atoms with E-state index in [0.29, 0.717) is 12.5 Å². The van der Waals surface area contributed by atoms with Gasteiger partial charge in [-0.1, -0.05) is 49.6 Å². The molecule has 0 aromatic heterocycles. The summed E-state index contributed by atoms with van der Waals surface area (Å²) in [5.74, 6) is 0.664. The van der Waals surface area contributed by atoms with Gasteiger partial charge in [0.25, 0.3) is 0 Å². The first-order chi connectivity index (χ1) is 11.7. The maximum absolute atomic E-state index is 11.0. The van der Waals surface area contributed by atoms with Gasteiger partial charge in [-0.05, 0) is 55.7 Å². The average Bonchev–Trinajstić information content (AvgIpc) is 2.62. The highest BCUT2D eigenvalue weighted by Gasteiger charge is 2.41. The topological polar surface area (TPSA) is 52.6 Å². The van der Waals surface area contributed by atoms with Gasteiger partial charge in [0.2, 0.25) is 0 Å². The lowest BCUT2D eigenvalue weighted by molar-refractivity contribution is 0.0389. The Balaban J connectivity index is 1.57. The number of benzene rings is 1. The van der Waals surface area contributed by atoms with Gasteiger partial charge in [-0.15, -0.1) is 0 Å². The SMILES string of the molecule is O=C(O)NCC1(C2CCN(Cc3ccccc3)CC2)CCCCC1. The van der Waals surface area contributed by atoms with Crippen LogP contribution in [0.3, 0.4) is 0 Å². The summed E-state index contributed by atoms with van der Waals surface area (Å²) in [5.41, 5.74) is 1.59. The number of likely N-dealkylation sites (tertiary alicyclic amines) is 1. The minimum atomic E-state index is -0.874. The van der Waals surface area contributed by atoms with Crippen molar-refractivity contribution in [3.05, 3.63) is 35.9 Å². The number of nitrogens with one attached hydrogen (secondary N) is 1. The van der Waals surface area contributed by atoms with Crippen LogP contribution < -0.4 is 5.32 Å². The molecule has 4 heteroatoms. The number of carboxylic acid groups (broad SMARTS) is 1. The Bertz CT molecular complexity index is 518. The van der Waals surface area contributed by atoms with Crippen LogP contribution in [0.2, 0.25) is 0 Å². The van der Waals surface area contributed by atoms with Crippen molar-refractivity contribution < 1.29 is 9.90 Å². The molecule has 0 bridgehead atoms. The molecule has 0 radical (unpaired) electrons. The molecule has 0 unspecified atom stereocenters. The summed E-state index contributed by atoms with van der Waals surface area (Å²) in [6.07, 6.45) is 7.73. The fraction of sp³-hybridized carbons (Fsp3) is 0.650. The molecule has 2 aliphatic rings. The lowest BCUT2D eigenvalue weighted by Gasteiger charge is -2.47. The maximum Gasteiger partial charge on any atom is 0.404 e. The smallest absolute Gasteiger partial charge is 0.404 e. The van der Waals surface area contributed by atoms with E-state index in [9.17, 15) is 4.79 Å². The Labute approximate surface area is 145 Å². The van der Waals surface area contributed by atoms with Gasteiger partial charge < -0.3 is 10.4 Å². The molecule has 24 heavy (non-hydrogen) atoms. The van der Waals surface area contributed by atoms with E-state index in [1.165, 1.54) is 50.5 Å². The molecule has 1 aromatic rings. The van der Waals surface area contributed by atoms with Gasteiger partial charge >= 0.3 is 6.09 Å². The summed E-state index contributed by atoms with van der Waals surface area (Å²) in [6, 6.07) is 10.7. The second kappa shape index (κ2) is 8.02. The van der Waals surface area contributed by atoms with Gasteiger partial charge in [0.1, 0.15) is 0 Å². The fourth-order valence-electron chi connectivity index (χ4n) is 4.78. The normalized spacial score (nSPS) is 22.2. The monoisotopic (exact) mass is 330 g/mol. The highest BCUT2D eigenvalue weighted by Crippen LogP contribution is 2.46. The van der Waals surface area contributed by atoms with Crippen LogP contribution in [-0.4, -0.2) is 35.7 Å². The van der Waals surface area contributed by atoms with E-state index < -0.39 is 6.09 Å². The third kappa shape index (κ3) is 4.29. The first-order valence-corrected chi connectivity index (χ1v) is 9.41. The van der Waals surface area contributed by atoms with Crippen LogP contribution >= 0.6 is 0 Å². The lowest BCUT2D eigenvalue weighted by atomic mass is 9.63. The second-order valence-electron chi connectivity index (χ2n) is 7.62. The molecule has 1 saturated heterocycles. The van der Waals surface area contributed by atoms with Crippen LogP contribution in [0.1, 0.15) is 50.5 Å². The molecule has 0 spiro atoms. The highest BCUT2D eigenvalue weighted by atomic mass is 16.4. The minimum absolute atomic E-state index is 0.204. The molecule has 132 valence electrons. The first kappa shape index (κ1) is 17.3. The van der Waals surface area contributed by atoms with Gasteiger partial charge in [0, 0.05) is 13.1 Å². The van der Waals surface area contributed by atoms with Gasteiger partial charge in [0.15, 0.2) is 0 Å². The summed E-state index contributed by atoms with van der Waals surface area (Å²) in [5, 5.41) is 11.8. The van der Waals surface area contributed by atoms with E-state index in [0.717, 1.165) is 19.6 Å². The van der Waals surface area contributed by atoms with Crippen molar-refractivity contribution >= 4 is 6.09 Å². The first-order valence-electron chi connectivity index (χ1n) is 9.41. The van der Waals surface area contributed by atoms with Crippen LogP contribution in [0, 0.1) is 11.3 Å². The van der Waals surface area contributed by atoms with Crippen molar-refractivity contribution in [3.8, 4) is 0 Å². The molecule has 1 aliphatic carbocycles. The lowest BCUT2D eigenvalue weighted by Crippen LogP contribution is -2.47. The molecule has 0 atom stereocenters. The quantitative estimate of drug-likeness (QED) is 0.854. The summed E-state index contributed by atoms with van der Waals surface area (Å²) in [4.78, 5) is 13.6. The molecule has 1 aliphatic heterocycles. The van der Waals surface area contributed by atoms with Crippen LogP contribution in [0.25, 0.3) is 0 Å². The van der Waals surface area contributed by atoms with E-state index in [1.807, 2.05) is 0 Å². The van der Waals surface area contributed by atoms with Gasteiger partial charge in [-0.25, -0.2) is 4.79 Å². The molecule has 1 amide bonds. The Morgan fingerprint density at radius 2 is 1.79 bits per heavy atom. The van der Waals surface area contributed by atoms with Crippen LogP contribution in [-0.2, 0) is 6.54 Å². The van der Waals surface area contributed by atoms with E-state index in [1.54, 1.807) is 0 Å². The Hall–Kier alpha value is -1.55. The number of amides is 1. The zero-order valence-electron chi connectivity index (χ0n) is 14.5. The van der Waals surface area contributed by atoms with E-state index in [4.69, 9.17) is 5.11 Å². The number of carbonyl (C=O) groups is 1. The highest BCUT2D eigenvalue weighted by molar-refractivity contribution is 5.64. The molecular weight excluding hydrogens is 300 g/mol. The van der Waals surface area contributed by atoms with Crippen molar-refractivity contribution in [1.82, 2.24) is 10.2 Å². The number of hydrogen-bond acceptors (Lipinski definition) is 2. The van der Waals surface area contributed by atoms with Crippen molar-refractivity contribution in [2.45, 2.75) is 51.5 Å². The fourth-order valence-corrected chi connectivity index (χ4v) is 4.78. The molecule has 3 rings (SSSR count). The van der Waals surface area contributed by atoms with E-state index in [-0.39, 0.29) is 5.41 Å². The summed E-state index contributed by atoms with van der Waals surface area (Å²) >= 11 is 0. The van der Waals surface area contributed by atoms with Gasteiger partial charge in [-0.2, -0.15) is 0 Å². The van der Waals surface area contributed by atoms with E-state index in [2.05, 4.69) is 40.5 Å². The van der Waals surface area contributed by atoms with Gasteiger partial charge in [0.05, 0.1) is 0 Å². The number of hydrogen-bond donors (Lipinski definition) is 2. The van der Waals surface area contributed by atoms with Crippen molar-refractivity contribution in [1.29, 1.82) is 0 Å². The molecule has 2 N–H and O–H groups in total. The van der Waals surface area contributed by atoms with Crippen molar-refractivity contribution in [2.75, 3.05) is 19.6 Å². The summed E-state index contributed by atoms with van der Waals surface area (Å²) < 4.78 is 0. The molecule has 1 heterocycles. The third-order valence-corrected chi connectivity index (χ3v) is 6.14. The standard InChI is InChI=1S/C20H30N2O2/c23-19(24)21-16-20(11-5-2-6-12-20)18-9-13-22(14-10-18)15-17-7-3-1-4-8-17/h1,3-4,7-8,18,21H,2,5-6,9-16H2,(H,23,24). The van der Waals surface area contributed by atoms with Crippen LogP contribution in [0.5, 0.6) is 0 Å². The Kier molecular flexibility index (Phi) is 5.77. The van der Waals surface area contributed by atoms with Crippen LogP contribution in [0.4, 0.5) is 4.79 Å². The molecule has 2 fully saturated rings. The largest absolute Gasteiger partial charge is 0.465 e. The van der Waals surface area contributed by atoms with Gasteiger partial charge in [-0.3, -0.25) is 4.90 Å².